The molecule has 0 aromatic carbocycles. The summed E-state index contributed by atoms with van der Waals surface area (Å²) in [6.07, 6.45) is 2.20. The highest BCUT2D eigenvalue weighted by molar-refractivity contribution is 5.84. The molecule has 1 amide bonds. The molecule has 1 N–H and O–H groups in total. The van der Waals surface area contributed by atoms with E-state index in [0.717, 1.165) is 6.42 Å². The number of hydrogen-bond donors (Lipinski definition) is 1. The molecular weight excluding hydrogens is 170 g/mol. The van der Waals surface area contributed by atoms with Crippen LogP contribution >= 0.6 is 0 Å². The van der Waals surface area contributed by atoms with Crippen LogP contribution in [0.15, 0.2) is 0 Å². The first-order valence-corrected chi connectivity index (χ1v) is 4.48. The molecule has 1 rings (SSSR count). The van der Waals surface area contributed by atoms with Gasteiger partial charge >= 0.3 is 5.97 Å². The van der Waals surface area contributed by atoms with Crippen molar-refractivity contribution in [3.05, 3.63) is 0 Å². The van der Waals surface area contributed by atoms with Crippen LogP contribution < -0.4 is 0 Å². The Kier molecular flexibility index (Phi) is 2.90. The van der Waals surface area contributed by atoms with Gasteiger partial charge in [0.1, 0.15) is 0 Å². The molecule has 0 aromatic rings. The number of amides is 1. The summed E-state index contributed by atoms with van der Waals surface area (Å²) in [6.45, 7) is 0. The van der Waals surface area contributed by atoms with Gasteiger partial charge in [0.15, 0.2) is 0 Å². The predicted octanol–water partition coefficient (Wildman–Crippen LogP) is 0.575. The van der Waals surface area contributed by atoms with Crippen LogP contribution in [0.4, 0.5) is 0 Å². The maximum absolute atomic E-state index is 11.5. The molecule has 1 aliphatic carbocycles. The molecule has 1 aliphatic rings. The predicted molar refractivity (Wildman–Crippen MR) is 47.2 cm³/mol. The highest BCUT2D eigenvalue weighted by Crippen LogP contribution is 2.32. The number of carboxylic acid groups (broad SMARTS) is 1. The highest BCUT2D eigenvalue weighted by atomic mass is 16.4. The molecule has 1 fully saturated rings. The fourth-order valence-corrected chi connectivity index (χ4v) is 1.88. The number of hydrogen-bond acceptors (Lipinski definition) is 2. The normalized spacial score (nSPS) is 27.2. The summed E-state index contributed by atoms with van der Waals surface area (Å²) >= 11 is 0. The van der Waals surface area contributed by atoms with Gasteiger partial charge in [-0.05, 0) is 12.8 Å². The average molecular weight is 185 g/mol. The van der Waals surface area contributed by atoms with Gasteiger partial charge in [-0.15, -0.1) is 0 Å². The minimum atomic E-state index is -0.835. The first-order valence-electron chi connectivity index (χ1n) is 4.48. The second kappa shape index (κ2) is 3.77. The van der Waals surface area contributed by atoms with Gasteiger partial charge in [0.2, 0.25) is 5.91 Å². The Morgan fingerprint density at radius 1 is 1.23 bits per heavy atom. The van der Waals surface area contributed by atoms with Gasteiger partial charge in [0.25, 0.3) is 0 Å². The lowest BCUT2D eigenvalue weighted by molar-refractivity contribution is -0.148. The van der Waals surface area contributed by atoms with E-state index in [4.69, 9.17) is 5.11 Å². The third-order valence-corrected chi connectivity index (χ3v) is 2.59. The van der Waals surface area contributed by atoms with Crippen molar-refractivity contribution in [2.45, 2.75) is 19.3 Å². The summed E-state index contributed by atoms with van der Waals surface area (Å²) in [5, 5.41) is 8.84. The fraction of sp³-hybridized carbons (Fsp3) is 0.778. The maximum atomic E-state index is 11.5. The molecule has 74 valence electrons. The van der Waals surface area contributed by atoms with Crippen molar-refractivity contribution in [2.75, 3.05) is 14.1 Å². The monoisotopic (exact) mass is 185 g/mol. The number of nitrogens with zero attached hydrogens (tertiary/aromatic N) is 1. The summed E-state index contributed by atoms with van der Waals surface area (Å²) < 4.78 is 0. The summed E-state index contributed by atoms with van der Waals surface area (Å²) in [5.74, 6) is -1.65. The van der Waals surface area contributed by atoms with Crippen molar-refractivity contribution in [2.24, 2.45) is 11.8 Å². The van der Waals surface area contributed by atoms with Gasteiger partial charge in [0, 0.05) is 14.1 Å². The molecule has 0 radical (unpaired) electrons. The smallest absolute Gasteiger partial charge is 0.307 e. The molecule has 0 bridgehead atoms. The number of carboxylic acids is 1. The lowest BCUT2D eigenvalue weighted by Crippen LogP contribution is -2.34. The maximum Gasteiger partial charge on any atom is 0.307 e. The molecule has 0 spiro atoms. The summed E-state index contributed by atoms with van der Waals surface area (Å²) in [7, 11) is 3.33. The second-order valence-electron chi connectivity index (χ2n) is 3.71. The first kappa shape index (κ1) is 10.0. The van der Waals surface area contributed by atoms with E-state index in [1.54, 1.807) is 14.1 Å². The zero-order valence-corrected chi connectivity index (χ0v) is 7.99. The quantitative estimate of drug-likeness (QED) is 0.684. The van der Waals surface area contributed by atoms with E-state index in [1.165, 1.54) is 4.90 Å². The second-order valence-corrected chi connectivity index (χ2v) is 3.71. The van der Waals surface area contributed by atoms with Crippen molar-refractivity contribution in [1.82, 2.24) is 4.90 Å². The summed E-state index contributed by atoms with van der Waals surface area (Å²) in [4.78, 5) is 23.8. The van der Waals surface area contributed by atoms with E-state index in [1.807, 2.05) is 0 Å². The molecule has 1 saturated carbocycles. The SMILES string of the molecule is CN(C)C(=O)C1CCCC1C(=O)O. The number of carbonyl (C=O) groups excluding carboxylic acids is 1. The Labute approximate surface area is 77.5 Å². The third kappa shape index (κ3) is 1.99. The van der Waals surface area contributed by atoms with Crippen LogP contribution in [0.1, 0.15) is 19.3 Å². The largest absolute Gasteiger partial charge is 0.481 e. The van der Waals surface area contributed by atoms with Gasteiger partial charge in [-0.3, -0.25) is 9.59 Å². The molecule has 4 heteroatoms. The van der Waals surface area contributed by atoms with E-state index in [9.17, 15) is 9.59 Å². The molecular formula is C9H15NO3. The zero-order chi connectivity index (χ0) is 10.0. The van der Waals surface area contributed by atoms with E-state index in [-0.39, 0.29) is 11.8 Å². The molecule has 0 heterocycles. The van der Waals surface area contributed by atoms with Crippen LogP contribution in [0.25, 0.3) is 0 Å². The van der Waals surface area contributed by atoms with E-state index in [0.29, 0.717) is 12.8 Å². The molecule has 0 aromatic heterocycles. The Morgan fingerprint density at radius 3 is 2.23 bits per heavy atom. The van der Waals surface area contributed by atoms with E-state index in [2.05, 4.69) is 0 Å². The molecule has 2 atom stereocenters. The lowest BCUT2D eigenvalue weighted by atomic mass is 9.95. The van der Waals surface area contributed by atoms with Gasteiger partial charge in [-0.2, -0.15) is 0 Å². The Hall–Kier alpha value is -1.06. The number of aliphatic carboxylic acids is 1. The van der Waals surface area contributed by atoms with Crippen molar-refractivity contribution >= 4 is 11.9 Å². The average Bonchev–Trinajstić information content (AvgIpc) is 2.50. The number of rotatable bonds is 2. The van der Waals surface area contributed by atoms with Crippen LogP contribution in [0.5, 0.6) is 0 Å². The summed E-state index contributed by atoms with van der Waals surface area (Å²) in [5.41, 5.74) is 0. The standard InChI is InChI=1S/C9H15NO3/c1-10(2)8(11)6-4-3-5-7(6)9(12)13/h6-7H,3-5H2,1-2H3,(H,12,13). The lowest BCUT2D eigenvalue weighted by Gasteiger charge is -2.19. The van der Waals surface area contributed by atoms with Crippen molar-refractivity contribution in [3.8, 4) is 0 Å². The molecule has 13 heavy (non-hydrogen) atoms. The zero-order valence-electron chi connectivity index (χ0n) is 7.99. The van der Waals surface area contributed by atoms with E-state index >= 15 is 0 Å². The summed E-state index contributed by atoms with van der Waals surface area (Å²) in [6, 6.07) is 0. The van der Waals surface area contributed by atoms with Gasteiger partial charge < -0.3 is 10.0 Å². The molecule has 0 aliphatic heterocycles. The van der Waals surface area contributed by atoms with Crippen LogP contribution in [-0.4, -0.2) is 36.0 Å². The van der Waals surface area contributed by atoms with Crippen LogP contribution in [0.2, 0.25) is 0 Å². The van der Waals surface area contributed by atoms with Gasteiger partial charge in [-0.25, -0.2) is 0 Å². The van der Waals surface area contributed by atoms with Crippen LogP contribution in [0.3, 0.4) is 0 Å². The van der Waals surface area contributed by atoms with E-state index < -0.39 is 11.9 Å². The third-order valence-electron chi connectivity index (χ3n) is 2.59. The van der Waals surface area contributed by atoms with Crippen molar-refractivity contribution in [3.63, 3.8) is 0 Å². The van der Waals surface area contributed by atoms with Gasteiger partial charge in [-0.1, -0.05) is 6.42 Å². The Balaban J connectivity index is 2.68. The molecule has 0 saturated heterocycles. The minimum absolute atomic E-state index is 0.0510. The Morgan fingerprint density at radius 2 is 1.77 bits per heavy atom. The van der Waals surface area contributed by atoms with Crippen molar-refractivity contribution < 1.29 is 14.7 Å². The highest BCUT2D eigenvalue weighted by Gasteiger charge is 2.38. The number of carbonyl (C=O) groups is 2. The molecule has 2 unspecified atom stereocenters. The topological polar surface area (TPSA) is 57.6 Å². The fourth-order valence-electron chi connectivity index (χ4n) is 1.88. The van der Waals surface area contributed by atoms with Crippen LogP contribution in [-0.2, 0) is 9.59 Å². The van der Waals surface area contributed by atoms with Crippen LogP contribution in [0, 0.1) is 11.8 Å². The molecule has 4 nitrogen and oxygen atoms in total. The van der Waals surface area contributed by atoms with Gasteiger partial charge in [0.05, 0.1) is 11.8 Å². The van der Waals surface area contributed by atoms with Crippen molar-refractivity contribution in [1.29, 1.82) is 0 Å². The Bertz CT molecular complexity index is 225. The minimum Gasteiger partial charge on any atom is -0.481 e. The first-order chi connectivity index (χ1) is 6.04.